The van der Waals surface area contributed by atoms with Gasteiger partial charge in [-0.2, -0.15) is 0 Å². The molecular weight excluding hydrogens is 409 g/mol. The second-order valence-corrected chi connectivity index (χ2v) is 8.45. The summed E-state index contributed by atoms with van der Waals surface area (Å²) in [4.78, 5) is 21.5. The molecule has 1 aliphatic carbocycles. The van der Waals surface area contributed by atoms with Crippen LogP contribution in [0.4, 0.5) is 10.6 Å². The van der Waals surface area contributed by atoms with Gasteiger partial charge in [-0.3, -0.25) is 0 Å². The Hall–Kier alpha value is -2.02. The van der Waals surface area contributed by atoms with Gasteiger partial charge in [-0.05, 0) is 54.8 Å². The van der Waals surface area contributed by atoms with Crippen LogP contribution in [0.25, 0.3) is 0 Å². The average molecular weight is 434 g/mol. The van der Waals surface area contributed by atoms with Gasteiger partial charge in [-0.15, -0.1) is 0 Å². The molecule has 2 aliphatic rings. The maximum absolute atomic E-state index is 12.4. The van der Waals surface area contributed by atoms with Crippen LogP contribution in [0.5, 0.6) is 0 Å². The van der Waals surface area contributed by atoms with E-state index in [-0.39, 0.29) is 12.1 Å². The highest BCUT2D eigenvalue weighted by Gasteiger charge is 2.26. The highest BCUT2D eigenvalue weighted by molar-refractivity contribution is 6.42. The number of carbonyl (C=O) groups is 1. The van der Waals surface area contributed by atoms with E-state index >= 15 is 0 Å². The van der Waals surface area contributed by atoms with Crippen molar-refractivity contribution in [2.24, 2.45) is 0 Å². The summed E-state index contributed by atoms with van der Waals surface area (Å²) < 4.78 is 0. The molecule has 2 amide bonds. The van der Waals surface area contributed by atoms with Gasteiger partial charge in [0, 0.05) is 38.9 Å². The molecule has 1 unspecified atom stereocenters. The summed E-state index contributed by atoms with van der Waals surface area (Å²) in [6, 6.07) is 7.50. The van der Waals surface area contributed by atoms with E-state index in [1.165, 1.54) is 0 Å². The Kier molecular flexibility index (Phi) is 6.13. The number of nitrogens with one attached hydrogen (secondary N) is 2. The topological polar surface area (TPSA) is 60.5 Å². The second-order valence-electron chi connectivity index (χ2n) is 7.66. The van der Waals surface area contributed by atoms with Crippen molar-refractivity contribution in [2.75, 3.05) is 38.1 Å². The number of nitrogens with zero attached hydrogens (tertiary/aromatic N) is 3. The largest absolute Gasteiger partial charge is 0.354 e. The second kappa shape index (κ2) is 8.78. The maximum atomic E-state index is 12.4. The van der Waals surface area contributed by atoms with Crippen molar-refractivity contribution in [3.05, 3.63) is 57.2 Å². The lowest BCUT2D eigenvalue weighted by molar-refractivity contribution is 0.236. The molecule has 1 fully saturated rings. The molecular formula is C21H25Cl2N5O. The fraction of sp³-hybridized carbons (Fsp3) is 0.429. The van der Waals surface area contributed by atoms with Gasteiger partial charge in [0.1, 0.15) is 5.82 Å². The molecule has 2 aromatic rings. The van der Waals surface area contributed by atoms with Gasteiger partial charge in [-0.1, -0.05) is 29.3 Å². The minimum atomic E-state index is -0.188. The van der Waals surface area contributed by atoms with Crippen LogP contribution in [0.2, 0.25) is 10.0 Å². The quantitative estimate of drug-likeness (QED) is 0.772. The van der Waals surface area contributed by atoms with Gasteiger partial charge >= 0.3 is 6.03 Å². The molecule has 0 radical (unpaired) electrons. The third-order valence-electron chi connectivity index (χ3n) is 5.69. The van der Waals surface area contributed by atoms with E-state index < -0.39 is 0 Å². The average Bonchev–Trinajstić information content (AvgIpc) is 3.13. The SMILES string of the molecule is CN1CCN(c2cc(CNC(=O)NC3CCc4c3ccc(Cl)c4Cl)ccn2)CC1. The van der Waals surface area contributed by atoms with E-state index in [9.17, 15) is 4.79 Å². The van der Waals surface area contributed by atoms with Crippen LogP contribution in [-0.2, 0) is 13.0 Å². The minimum Gasteiger partial charge on any atom is -0.354 e. The van der Waals surface area contributed by atoms with Gasteiger partial charge in [0.25, 0.3) is 0 Å². The first-order chi connectivity index (χ1) is 14.0. The predicted octanol–water partition coefficient (Wildman–Crippen LogP) is 3.63. The highest BCUT2D eigenvalue weighted by atomic mass is 35.5. The van der Waals surface area contributed by atoms with Gasteiger partial charge in [0.15, 0.2) is 0 Å². The molecule has 4 rings (SSSR count). The predicted molar refractivity (Wildman–Crippen MR) is 117 cm³/mol. The van der Waals surface area contributed by atoms with Crippen LogP contribution < -0.4 is 15.5 Å². The molecule has 1 atom stereocenters. The molecule has 0 spiro atoms. The molecule has 1 aliphatic heterocycles. The van der Waals surface area contributed by atoms with Gasteiger partial charge < -0.3 is 20.4 Å². The first-order valence-corrected chi connectivity index (χ1v) is 10.7. The van der Waals surface area contributed by atoms with Gasteiger partial charge in [-0.25, -0.2) is 9.78 Å². The molecule has 0 bridgehead atoms. The Bertz CT molecular complexity index is 899. The van der Waals surface area contributed by atoms with Crippen molar-refractivity contribution in [3.63, 3.8) is 0 Å². The van der Waals surface area contributed by atoms with E-state index in [1.54, 1.807) is 6.07 Å². The molecule has 6 nitrogen and oxygen atoms in total. The number of carbonyl (C=O) groups excluding carboxylic acids is 1. The number of likely N-dealkylation sites (N-methyl/N-ethyl adjacent to an activating group) is 1. The summed E-state index contributed by atoms with van der Waals surface area (Å²) in [7, 11) is 2.13. The Labute approximate surface area is 181 Å². The van der Waals surface area contributed by atoms with Crippen LogP contribution in [0, 0.1) is 0 Å². The van der Waals surface area contributed by atoms with Crippen LogP contribution >= 0.6 is 23.2 Å². The molecule has 1 aromatic carbocycles. The van der Waals surface area contributed by atoms with Gasteiger partial charge in [0.05, 0.1) is 16.1 Å². The number of rotatable bonds is 4. The molecule has 1 saturated heterocycles. The number of amides is 2. The molecule has 1 aromatic heterocycles. The van der Waals surface area contributed by atoms with Crippen molar-refractivity contribution in [1.29, 1.82) is 0 Å². The smallest absolute Gasteiger partial charge is 0.315 e. The first-order valence-electron chi connectivity index (χ1n) is 9.91. The zero-order chi connectivity index (χ0) is 20.4. The Balaban J connectivity index is 1.33. The number of benzene rings is 1. The number of anilines is 1. The number of urea groups is 1. The van der Waals surface area contributed by atoms with Crippen molar-refractivity contribution in [3.8, 4) is 0 Å². The minimum absolute atomic E-state index is 0.0434. The summed E-state index contributed by atoms with van der Waals surface area (Å²) in [5, 5.41) is 7.17. The third kappa shape index (κ3) is 4.60. The van der Waals surface area contributed by atoms with Crippen molar-refractivity contribution < 1.29 is 4.79 Å². The van der Waals surface area contributed by atoms with E-state index in [4.69, 9.17) is 23.2 Å². The van der Waals surface area contributed by atoms with E-state index in [0.29, 0.717) is 16.6 Å². The maximum Gasteiger partial charge on any atom is 0.315 e. The van der Waals surface area contributed by atoms with Crippen molar-refractivity contribution >= 4 is 35.1 Å². The Morgan fingerprint density at radius 3 is 2.79 bits per heavy atom. The number of halogens is 2. The summed E-state index contributed by atoms with van der Waals surface area (Å²) in [6.45, 7) is 4.45. The lowest BCUT2D eigenvalue weighted by Crippen LogP contribution is -2.44. The lowest BCUT2D eigenvalue weighted by atomic mass is 10.1. The zero-order valence-electron chi connectivity index (χ0n) is 16.4. The third-order valence-corrected chi connectivity index (χ3v) is 6.53. The normalized spacial score (nSPS) is 19.1. The van der Waals surface area contributed by atoms with Crippen LogP contribution in [0.3, 0.4) is 0 Å². The standard InChI is InChI=1S/C21H25Cl2N5O/c1-27-8-10-28(11-9-27)19-12-14(6-7-24-19)13-25-21(29)26-18-5-3-16-15(18)2-4-17(22)20(16)23/h2,4,6-7,12,18H,3,5,8-11,13H2,1H3,(H2,25,26,29). The molecule has 0 saturated carbocycles. The van der Waals surface area contributed by atoms with Crippen molar-refractivity contribution in [2.45, 2.75) is 25.4 Å². The van der Waals surface area contributed by atoms with E-state index in [1.807, 2.05) is 18.3 Å². The van der Waals surface area contributed by atoms with Gasteiger partial charge in [0.2, 0.25) is 0 Å². The number of hydrogen-bond donors (Lipinski definition) is 2. The number of pyridine rings is 1. The number of piperazine rings is 1. The van der Waals surface area contributed by atoms with Crippen LogP contribution in [-0.4, -0.2) is 49.1 Å². The molecule has 154 valence electrons. The monoisotopic (exact) mass is 433 g/mol. The fourth-order valence-corrected chi connectivity index (χ4v) is 4.40. The number of aromatic nitrogens is 1. The summed E-state index contributed by atoms with van der Waals surface area (Å²) in [5.74, 6) is 0.967. The van der Waals surface area contributed by atoms with E-state index in [0.717, 1.165) is 61.5 Å². The number of fused-ring (bicyclic) bond motifs is 1. The molecule has 2 heterocycles. The molecule has 29 heavy (non-hydrogen) atoms. The lowest BCUT2D eigenvalue weighted by Gasteiger charge is -2.33. The van der Waals surface area contributed by atoms with Crippen molar-refractivity contribution in [1.82, 2.24) is 20.5 Å². The zero-order valence-corrected chi connectivity index (χ0v) is 17.9. The molecule has 8 heteroatoms. The van der Waals surface area contributed by atoms with Crippen LogP contribution in [0.1, 0.15) is 29.2 Å². The summed E-state index contributed by atoms with van der Waals surface area (Å²) >= 11 is 12.4. The first kappa shape index (κ1) is 20.3. The highest BCUT2D eigenvalue weighted by Crippen LogP contribution is 2.38. The van der Waals surface area contributed by atoms with Crippen LogP contribution in [0.15, 0.2) is 30.5 Å². The summed E-state index contributed by atoms with van der Waals surface area (Å²) in [6.07, 6.45) is 3.45. The summed E-state index contributed by atoms with van der Waals surface area (Å²) in [5.41, 5.74) is 3.12. The fourth-order valence-electron chi connectivity index (χ4n) is 3.95. The van der Waals surface area contributed by atoms with E-state index in [2.05, 4.69) is 38.5 Å². The molecule has 2 N–H and O–H groups in total. The Morgan fingerprint density at radius 1 is 1.21 bits per heavy atom. The number of hydrogen-bond acceptors (Lipinski definition) is 4. The Morgan fingerprint density at radius 2 is 2.00 bits per heavy atom.